The van der Waals surface area contributed by atoms with Crippen molar-refractivity contribution in [2.75, 3.05) is 18.1 Å². The van der Waals surface area contributed by atoms with Gasteiger partial charge in [0.2, 0.25) is 5.88 Å². The molecule has 0 bridgehead atoms. The maximum atomic E-state index is 12.6. The Morgan fingerprint density at radius 1 is 1.37 bits per heavy atom. The molecule has 3 rings (SSSR count). The Kier molecular flexibility index (Phi) is 2.98. The van der Waals surface area contributed by atoms with Gasteiger partial charge in [0.25, 0.3) is 5.91 Å². The van der Waals surface area contributed by atoms with E-state index in [1.165, 1.54) is 0 Å². The number of carbonyl (C=O) groups is 1. The minimum Gasteiger partial charge on any atom is -0.474 e. The number of anilines is 1. The van der Waals surface area contributed by atoms with Gasteiger partial charge in [-0.3, -0.25) is 4.79 Å². The zero-order valence-corrected chi connectivity index (χ0v) is 11.7. The van der Waals surface area contributed by atoms with Crippen molar-refractivity contribution in [1.82, 2.24) is 4.98 Å². The van der Waals surface area contributed by atoms with E-state index >= 15 is 0 Å². The number of hydrogen-bond acceptors (Lipinski definition) is 4. The van der Waals surface area contributed by atoms with E-state index in [0.29, 0.717) is 19.0 Å². The number of ether oxygens (including phenoxy) is 1. The Morgan fingerprint density at radius 2 is 2.21 bits per heavy atom. The van der Waals surface area contributed by atoms with Crippen LogP contribution in [-0.2, 0) is 0 Å². The highest BCUT2D eigenvalue weighted by molar-refractivity contribution is 7.08. The summed E-state index contributed by atoms with van der Waals surface area (Å²) in [7, 11) is 0. The van der Waals surface area contributed by atoms with E-state index in [1.54, 1.807) is 16.2 Å². The number of thiophene rings is 1. The highest BCUT2D eigenvalue weighted by atomic mass is 32.1. The summed E-state index contributed by atoms with van der Waals surface area (Å²) in [5, 5.41) is 3.89. The maximum Gasteiger partial charge on any atom is 0.259 e. The molecule has 0 saturated heterocycles. The number of aryl methyl sites for hydroxylation is 2. The lowest BCUT2D eigenvalue weighted by Crippen LogP contribution is -2.38. The van der Waals surface area contributed by atoms with E-state index in [4.69, 9.17) is 4.74 Å². The fourth-order valence-corrected chi connectivity index (χ4v) is 2.95. The molecule has 19 heavy (non-hydrogen) atoms. The monoisotopic (exact) mass is 274 g/mol. The molecule has 1 aliphatic rings. The number of carbonyl (C=O) groups excluding carboxylic acids is 1. The van der Waals surface area contributed by atoms with Crippen molar-refractivity contribution in [2.24, 2.45) is 0 Å². The number of rotatable bonds is 1. The molecule has 4 nitrogen and oxygen atoms in total. The summed E-state index contributed by atoms with van der Waals surface area (Å²) in [6.45, 7) is 4.91. The average molecular weight is 274 g/mol. The smallest absolute Gasteiger partial charge is 0.259 e. The van der Waals surface area contributed by atoms with Crippen molar-refractivity contribution in [2.45, 2.75) is 13.8 Å². The van der Waals surface area contributed by atoms with Crippen molar-refractivity contribution in [3.8, 4) is 5.88 Å². The number of hydrogen-bond donors (Lipinski definition) is 0. The number of aromatic nitrogens is 1. The van der Waals surface area contributed by atoms with Crippen LogP contribution in [0.25, 0.3) is 0 Å². The van der Waals surface area contributed by atoms with Crippen molar-refractivity contribution in [3.05, 3.63) is 39.7 Å². The first kappa shape index (κ1) is 12.2. The molecule has 1 amide bonds. The van der Waals surface area contributed by atoms with Crippen molar-refractivity contribution < 1.29 is 9.53 Å². The number of nitrogens with zero attached hydrogens (tertiary/aromatic N) is 2. The van der Waals surface area contributed by atoms with Gasteiger partial charge >= 0.3 is 0 Å². The SMILES string of the molecule is Cc1ccc2c(n1)OCCN2C(=O)c1cscc1C. The average Bonchev–Trinajstić information content (AvgIpc) is 2.83. The van der Waals surface area contributed by atoms with Gasteiger partial charge in [-0.25, -0.2) is 4.98 Å². The molecule has 0 atom stereocenters. The molecular weight excluding hydrogens is 260 g/mol. The molecule has 2 aromatic rings. The molecule has 0 saturated carbocycles. The lowest BCUT2D eigenvalue weighted by Gasteiger charge is -2.28. The second-order valence-electron chi connectivity index (χ2n) is 4.55. The standard InChI is InChI=1S/C14H14N2O2S/c1-9-7-19-8-11(9)14(17)16-5-6-18-13-12(16)4-3-10(2)15-13/h3-4,7-8H,5-6H2,1-2H3. The van der Waals surface area contributed by atoms with Gasteiger partial charge in [-0.05, 0) is 36.9 Å². The second kappa shape index (κ2) is 4.66. The molecule has 2 aromatic heterocycles. The van der Waals surface area contributed by atoms with Crippen LogP contribution in [0.5, 0.6) is 5.88 Å². The second-order valence-corrected chi connectivity index (χ2v) is 5.29. The minimum atomic E-state index is 0.0222. The van der Waals surface area contributed by atoms with Crippen LogP contribution in [0.15, 0.2) is 22.9 Å². The predicted octanol–water partition coefficient (Wildman–Crippen LogP) is 2.80. The molecule has 1 aliphatic heterocycles. The van der Waals surface area contributed by atoms with Crippen LogP contribution in [0, 0.1) is 13.8 Å². The highest BCUT2D eigenvalue weighted by Crippen LogP contribution is 2.31. The summed E-state index contributed by atoms with van der Waals surface area (Å²) < 4.78 is 5.53. The predicted molar refractivity (Wildman–Crippen MR) is 75.2 cm³/mol. The molecule has 3 heterocycles. The topological polar surface area (TPSA) is 42.4 Å². The molecule has 5 heteroatoms. The molecule has 0 unspecified atom stereocenters. The van der Waals surface area contributed by atoms with E-state index in [0.717, 1.165) is 22.5 Å². The van der Waals surface area contributed by atoms with Crippen LogP contribution in [0.4, 0.5) is 5.69 Å². The van der Waals surface area contributed by atoms with Gasteiger partial charge in [-0.1, -0.05) is 0 Å². The Bertz CT molecular complexity index is 636. The fourth-order valence-electron chi connectivity index (χ4n) is 2.13. The van der Waals surface area contributed by atoms with E-state index in [-0.39, 0.29) is 5.91 Å². The molecule has 0 aliphatic carbocycles. The van der Waals surface area contributed by atoms with Crippen LogP contribution >= 0.6 is 11.3 Å². The van der Waals surface area contributed by atoms with Crippen LogP contribution in [0.3, 0.4) is 0 Å². The van der Waals surface area contributed by atoms with Crippen molar-refractivity contribution in [1.29, 1.82) is 0 Å². The van der Waals surface area contributed by atoms with Crippen LogP contribution in [-0.4, -0.2) is 24.0 Å². The summed E-state index contributed by atoms with van der Waals surface area (Å²) in [6, 6.07) is 3.80. The number of amides is 1. The molecule has 0 N–H and O–H groups in total. The van der Waals surface area contributed by atoms with E-state index < -0.39 is 0 Å². The number of fused-ring (bicyclic) bond motifs is 1. The third kappa shape index (κ3) is 2.10. The largest absolute Gasteiger partial charge is 0.474 e. The Balaban J connectivity index is 2.00. The summed E-state index contributed by atoms with van der Waals surface area (Å²) in [6.07, 6.45) is 0. The van der Waals surface area contributed by atoms with Gasteiger partial charge in [0, 0.05) is 11.1 Å². The summed E-state index contributed by atoms with van der Waals surface area (Å²) in [5.74, 6) is 0.571. The first-order valence-corrected chi connectivity index (χ1v) is 7.06. The third-order valence-electron chi connectivity index (χ3n) is 3.16. The first-order valence-electron chi connectivity index (χ1n) is 6.12. The zero-order chi connectivity index (χ0) is 13.4. The molecule has 0 radical (unpaired) electrons. The van der Waals surface area contributed by atoms with Gasteiger partial charge in [0.05, 0.1) is 12.1 Å². The van der Waals surface area contributed by atoms with Crippen LogP contribution in [0.2, 0.25) is 0 Å². The van der Waals surface area contributed by atoms with Crippen molar-refractivity contribution >= 4 is 22.9 Å². The fraction of sp³-hybridized carbons (Fsp3) is 0.286. The normalized spacial score (nSPS) is 13.9. The van der Waals surface area contributed by atoms with Crippen molar-refractivity contribution in [3.63, 3.8) is 0 Å². The first-order chi connectivity index (χ1) is 9.16. The molecule has 0 aromatic carbocycles. The minimum absolute atomic E-state index is 0.0222. The third-order valence-corrected chi connectivity index (χ3v) is 4.02. The summed E-state index contributed by atoms with van der Waals surface area (Å²) >= 11 is 1.55. The van der Waals surface area contributed by atoms with Crippen LogP contribution < -0.4 is 9.64 Å². The Labute approximate surface area is 115 Å². The lowest BCUT2D eigenvalue weighted by atomic mass is 10.1. The molecule has 98 valence electrons. The summed E-state index contributed by atoms with van der Waals surface area (Å²) in [4.78, 5) is 18.7. The highest BCUT2D eigenvalue weighted by Gasteiger charge is 2.26. The number of pyridine rings is 1. The summed E-state index contributed by atoms with van der Waals surface area (Å²) in [5.41, 5.74) is 3.42. The zero-order valence-electron chi connectivity index (χ0n) is 10.8. The molecular formula is C14H14N2O2S. The van der Waals surface area contributed by atoms with Gasteiger partial charge < -0.3 is 9.64 Å². The lowest BCUT2D eigenvalue weighted by molar-refractivity contribution is 0.0975. The maximum absolute atomic E-state index is 12.6. The van der Waals surface area contributed by atoms with E-state index in [2.05, 4.69) is 4.98 Å². The van der Waals surface area contributed by atoms with Gasteiger partial charge in [0.15, 0.2) is 0 Å². The van der Waals surface area contributed by atoms with Crippen LogP contribution in [0.1, 0.15) is 21.6 Å². The Morgan fingerprint density at radius 3 is 2.95 bits per heavy atom. The molecule has 0 spiro atoms. The van der Waals surface area contributed by atoms with Gasteiger partial charge in [0.1, 0.15) is 12.3 Å². The van der Waals surface area contributed by atoms with Gasteiger partial charge in [-0.2, -0.15) is 11.3 Å². The quantitative estimate of drug-likeness (QED) is 0.803. The van der Waals surface area contributed by atoms with E-state index in [9.17, 15) is 4.79 Å². The van der Waals surface area contributed by atoms with E-state index in [1.807, 2.05) is 36.7 Å². The molecule has 0 fully saturated rings. The van der Waals surface area contributed by atoms with Gasteiger partial charge in [-0.15, -0.1) is 0 Å². The Hall–Kier alpha value is -1.88.